The predicted molar refractivity (Wildman–Crippen MR) is 104 cm³/mol. The number of nitrogens with zero attached hydrogens (tertiary/aromatic N) is 1. The molecule has 0 bridgehead atoms. The molecule has 2 aromatic carbocycles. The smallest absolute Gasteiger partial charge is 0.269 e. The second-order valence-corrected chi connectivity index (χ2v) is 7.90. The van der Waals surface area contributed by atoms with Crippen molar-refractivity contribution in [2.24, 2.45) is 0 Å². The Labute approximate surface area is 169 Å². The fraction of sp³-hybridized carbons (Fsp3) is 0.200. The first-order chi connectivity index (χ1) is 13.8. The van der Waals surface area contributed by atoms with Gasteiger partial charge in [-0.25, -0.2) is 13.9 Å². The van der Waals surface area contributed by atoms with E-state index in [0.29, 0.717) is 9.87 Å². The van der Waals surface area contributed by atoms with Crippen molar-refractivity contribution >= 4 is 22.2 Å². The molecular weight excluding hydrogens is 396 g/mol. The molecule has 0 saturated heterocycles. The zero-order valence-electron chi connectivity index (χ0n) is 15.8. The van der Waals surface area contributed by atoms with Crippen LogP contribution in [0.3, 0.4) is 0 Å². The fourth-order valence-electron chi connectivity index (χ4n) is 2.38. The summed E-state index contributed by atoms with van der Waals surface area (Å²) in [6.45, 7) is 1.41. The molecule has 29 heavy (non-hydrogen) atoms. The maximum Gasteiger partial charge on any atom is 0.269 e. The highest BCUT2D eigenvalue weighted by atomic mass is 32.2. The number of aldehydes is 1. The maximum absolute atomic E-state index is 12.9. The number of ether oxygens (including phenoxy) is 1. The molecule has 0 fully saturated rings. The van der Waals surface area contributed by atoms with Gasteiger partial charge in [0.15, 0.2) is 6.04 Å². The van der Waals surface area contributed by atoms with Gasteiger partial charge in [0.1, 0.15) is 13.0 Å². The number of hydroxylamine groups is 1. The van der Waals surface area contributed by atoms with Crippen LogP contribution in [0.5, 0.6) is 0 Å². The first kappa shape index (κ1) is 22.3. The summed E-state index contributed by atoms with van der Waals surface area (Å²) in [5, 5.41) is 8.76. The van der Waals surface area contributed by atoms with Crippen LogP contribution in [0.1, 0.15) is 16.7 Å². The summed E-state index contributed by atoms with van der Waals surface area (Å²) in [6.07, 6.45) is 0.101. The molecule has 0 aliphatic heterocycles. The van der Waals surface area contributed by atoms with E-state index >= 15 is 0 Å². The summed E-state index contributed by atoms with van der Waals surface area (Å²) in [5.74, 6) is 4.73. The Hall–Kier alpha value is -3.03. The van der Waals surface area contributed by atoms with Crippen LogP contribution in [-0.4, -0.2) is 50.0 Å². The Balaban J connectivity index is 2.31. The van der Waals surface area contributed by atoms with Crippen molar-refractivity contribution in [2.75, 3.05) is 13.8 Å². The molecule has 9 heteroatoms. The summed E-state index contributed by atoms with van der Waals surface area (Å²) in [4.78, 5) is 22.7. The normalized spacial score (nSPS) is 12.0. The van der Waals surface area contributed by atoms with Crippen LogP contribution in [0.15, 0.2) is 53.4 Å². The summed E-state index contributed by atoms with van der Waals surface area (Å²) < 4.78 is 31.1. The molecule has 2 aromatic rings. The largest absolute Gasteiger partial charge is 0.368 e. The molecule has 0 saturated carbocycles. The quantitative estimate of drug-likeness (QED) is 0.174. The number of amides is 1. The lowest BCUT2D eigenvalue weighted by atomic mass is 10.1. The van der Waals surface area contributed by atoms with Crippen molar-refractivity contribution in [1.29, 1.82) is 0 Å². The van der Waals surface area contributed by atoms with Crippen molar-refractivity contribution in [2.45, 2.75) is 17.9 Å². The minimum atomic E-state index is -4.26. The number of hydrogen-bond acceptors (Lipinski definition) is 6. The van der Waals surface area contributed by atoms with Gasteiger partial charge < -0.3 is 9.53 Å². The first-order valence-corrected chi connectivity index (χ1v) is 9.86. The SMILES string of the molecule is COCN([C@@H](C=O)C(=O)NO)S(=O)(=O)c1ccc(C#Cc2ccc(C)cc2)cc1. The van der Waals surface area contributed by atoms with Crippen LogP contribution in [0.25, 0.3) is 0 Å². The van der Waals surface area contributed by atoms with E-state index in [1.54, 1.807) is 0 Å². The van der Waals surface area contributed by atoms with Crippen molar-refractivity contribution in [3.8, 4) is 11.8 Å². The monoisotopic (exact) mass is 416 g/mol. The Morgan fingerprint density at radius 2 is 1.66 bits per heavy atom. The van der Waals surface area contributed by atoms with Gasteiger partial charge in [0.2, 0.25) is 10.0 Å². The number of carbonyl (C=O) groups is 2. The summed E-state index contributed by atoms with van der Waals surface area (Å²) in [7, 11) is -3.05. The molecule has 0 aliphatic carbocycles. The average Bonchev–Trinajstić information content (AvgIpc) is 2.73. The molecule has 0 radical (unpaired) electrons. The van der Waals surface area contributed by atoms with E-state index in [4.69, 9.17) is 9.94 Å². The van der Waals surface area contributed by atoms with Gasteiger partial charge in [-0.1, -0.05) is 29.5 Å². The number of rotatable bonds is 7. The Morgan fingerprint density at radius 1 is 1.14 bits per heavy atom. The predicted octanol–water partition coefficient (Wildman–Crippen LogP) is 1.06. The van der Waals surface area contributed by atoms with Crippen LogP contribution in [0, 0.1) is 18.8 Å². The van der Waals surface area contributed by atoms with E-state index in [-0.39, 0.29) is 11.2 Å². The zero-order valence-corrected chi connectivity index (χ0v) is 16.6. The van der Waals surface area contributed by atoms with Gasteiger partial charge >= 0.3 is 0 Å². The van der Waals surface area contributed by atoms with Crippen LogP contribution >= 0.6 is 0 Å². The van der Waals surface area contributed by atoms with Crippen molar-refractivity contribution < 1.29 is 28.0 Å². The topological polar surface area (TPSA) is 113 Å². The van der Waals surface area contributed by atoms with E-state index in [1.807, 2.05) is 31.2 Å². The van der Waals surface area contributed by atoms with Crippen molar-refractivity contribution in [3.05, 3.63) is 65.2 Å². The van der Waals surface area contributed by atoms with Crippen LogP contribution in [-0.2, 0) is 24.3 Å². The van der Waals surface area contributed by atoms with Gasteiger partial charge in [-0.3, -0.25) is 10.0 Å². The second kappa shape index (κ2) is 9.95. The van der Waals surface area contributed by atoms with Gasteiger partial charge in [-0.2, -0.15) is 4.31 Å². The number of aryl methyl sites for hydroxylation is 1. The molecule has 0 aliphatic rings. The van der Waals surface area contributed by atoms with Gasteiger partial charge in [-0.15, -0.1) is 0 Å². The number of carbonyl (C=O) groups excluding carboxylic acids is 2. The molecule has 0 aromatic heterocycles. The van der Waals surface area contributed by atoms with Gasteiger partial charge in [0, 0.05) is 18.2 Å². The van der Waals surface area contributed by atoms with Gasteiger partial charge in [-0.05, 0) is 43.3 Å². The standard InChI is InChI=1S/C20H20N2O6S/c1-15-3-5-16(6-4-15)7-8-17-9-11-18(12-10-17)29(26,27)22(14-28-2)19(13-23)20(24)21-25/h3-6,9-13,19,25H,14H2,1-2H3,(H,21,24)/t19-/m0/s1. The molecule has 152 valence electrons. The number of methoxy groups -OCH3 is 1. The highest BCUT2D eigenvalue weighted by molar-refractivity contribution is 7.89. The molecule has 0 heterocycles. The van der Waals surface area contributed by atoms with E-state index in [0.717, 1.165) is 11.1 Å². The molecule has 2 rings (SSSR count). The van der Waals surface area contributed by atoms with E-state index in [2.05, 4.69) is 11.8 Å². The van der Waals surface area contributed by atoms with Crippen LogP contribution in [0.2, 0.25) is 0 Å². The molecule has 1 amide bonds. The van der Waals surface area contributed by atoms with Crippen molar-refractivity contribution in [1.82, 2.24) is 9.79 Å². The third kappa shape index (κ3) is 5.49. The number of sulfonamides is 1. The fourth-order valence-corrected chi connectivity index (χ4v) is 3.82. The van der Waals surface area contributed by atoms with E-state index in [9.17, 15) is 18.0 Å². The lowest BCUT2D eigenvalue weighted by molar-refractivity contribution is -0.137. The third-order valence-corrected chi connectivity index (χ3v) is 5.76. The van der Waals surface area contributed by atoms with E-state index in [1.165, 1.54) is 36.9 Å². The second-order valence-electron chi connectivity index (χ2n) is 6.01. The van der Waals surface area contributed by atoms with Crippen molar-refractivity contribution in [3.63, 3.8) is 0 Å². The Kier molecular flexibility index (Phi) is 7.64. The van der Waals surface area contributed by atoms with Gasteiger partial charge in [0.05, 0.1) is 4.90 Å². The Bertz CT molecular complexity index is 1020. The maximum atomic E-state index is 12.9. The van der Waals surface area contributed by atoms with Gasteiger partial charge in [0.25, 0.3) is 5.91 Å². The minimum Gasteiger partial charge on any atom is -0.368 e. The molecule has 0 unspecified atom stereocenters. The summed E-state index contributed by atoms with van der Waals surface area (Å²) in [5.41, 5.74) is 3.80. The summed E-state index contributed by atoms with van der Waals surface area (Å²) >= 11 is 0. The molecule has 1 atom stereocenters. The highest BCUT2D eigenvalue weighted by Gasteiger charge is 2.35. The lowest BCUT2D eigenvalue weighted by Gasteiger charge is -2.25. The Morgan fingerprint density at radius 3 is 2.10 bits per heavy atom. The average molecular weight is 416 g/mol. The number of hydrogen-bond donors (Lipinski definition) is 2. The number of benzene rings is 2. The zero-order chi connectivity index (χ0) is 21.4. The minimum absolute atomic E-state index is 0.101. The van der Waals surface area contributed by atoms with E-state index < -0.39 is 28.7 Å². The van der Waals surface area contributed by atoms with Crippen LogP contribution in [0.4, 0.5) is 0 Å². The third-order valence-electron chi connectivity index (χ3n) is 3.94. The first-order valence-electron chi connectivity index (χ1n) is 8.42. The molecule has 2 N–H and O–H groups in total. The summed E-state index contributed by atoms with van der Waals surface area (Å²) in [6, 6.07) is 11.5. The number of nitrogens with one attached hydrogen (secondary N) is 1. The molecule has 8 nitrogen and oxygen atoms in total. The molecule has 0 spiro atoms. The van der Waals surface area contributed by atoms with Crippen LogP contribution < -0.4 is 5.48 Å². The lowest BCUT2D eigenvalue weighted by Crippen LogP contribution is -2.50. The highest BCUT2D eigenvalue weighted by Crippen LogP contribution is 2.18. The molecular formula is C20H20N2O6S.